The minimum atomic E-state index is -1.21. The fourth-order valence-electron chi connectivity index (χ4n) is 5.43. The van der Waals surface area contributed by atoms with Crippen LogP contribution in [0.4, 0.5) is 0 Å². The number of aromatic nitrogens is 3. The number of methoxy groups -OCH3 is 1. The van der Waals surface area contributed by atoms with Crippen LogP contribution in [0, 0.1) is 17.8 Å². The van der Waals surface area contributed by atoms with Gasteiger partial charge in [0.2, 0.25) is 11.8 Å². The van der Waals surface area contributed by atoms with Gasteiger partial charge in [-0.1, -0.05) is 19.9 Å². The van der Waals surface area contributed by atoms with Gasteiger partial charge >= 0.3 is 11.9 Å². The molecule has 2 aliphatic carbocycles. The predicted octanol–water partition coefficient (Wildman–Crippen LogP) is 4.37. The van der Waals surface area contributed by atoms with E-state index in [1.807, 2.05) is 5.38 Å². The average molecular weight is 595 g/mol. The van der Waals surface area contributed by atoms with E-state index in [-0.39, 0.29) is 37.2 Å². The largest absolute Gasteiger partial charge is 0.497 e. The van der Waals surface area contributed by atoms with Gasteiger partial charge in [0.05, 0.1) is 42.1 Å². The second kappa shape index (κ2) is 11.7. The summed E-state index contributed by atoms with van der Waals surface area (Å²) in [7, 11) is 1.57. The van der Waals surface area contributed by atoms with Crippen LogP contribution in [0.25, 0.3) is 21.7 Å². The smallest absolute Gasteiger partial charge is 0.332 e. The molecule has 1 amide bonds. The van der Waals surface area contributed by atoms with Crippen LogP contribution in [-0.4, -0.2) is 63.3 Å². The number of carboxylic acid groups (broad SMARTS) is 1. The summed E-state index contributed by atoms with van der Waals surface area (Å²) in [5.74, 6) is -2.87. The van der Waals surface area contributed by atoms with E-state index < -0.39 is 41.3 Å². The van der Waals surface area contributed by atoms with Crippen molar-refractivity contribution in [2.75, 3.05) is 13.7 Å². The Morgan fingerprint density at radius 1 is 1.21 bits per heavy atom. The molecule has 0 spiro atoms. The summed E-state index contributed by atoms with van der Waals surface area (Å²) < 4.78 is 16.9. The van der Waals surface area contributed by atoms with E-state index in [4.69, 9.17) is 24.2 Å². The summed E-state index contributed by atoms with van der Waals surface area (Å²) in [6.07, 6.45) is 1.57. The average Bonchev–Trinajstić information content (AvgIpc) is 3.27. The standard InChI is InChI=1S/C30H34N4O7S/c1-6-16-13-30(16,29(38)40-7-2)34-25(35)20-10-18(11-21(20)28(36)37)41-26-19-9-8-17(39-5)12-22(19)31-24(33-26)27-32-23(14-42-27)15(3)4/h6,8-9,12,14-16,18,20-21H,1,7,10-11,13H2,2-5H3,(H,34,35)(H,36,37). The number of rotatable bonds is 11. The first-order chi connectivity index (χ1) is 20.1. The zero-order chi connectivity index (χ0) is 30.2. The lowest BCUT2D eigenvalue weighted by Crippen LogP contribution is -2.49. The lowest BCUT2D eigenvalue weighted by molar-refractivity contribution is -0.150. The number of hydrogen-bond acceptors (Lipinski definition) is 10. The molecular formula is C30H34N4O7S. The normalized spacial score (nSPS) is 24.8. The van der Waals surface area contributed by atoms with E-state index in [1.165, 1.54) is 11.3 Å². The highest BCUT2D eigenvalue weighted by Crippen LogP contribution is 2.46. The molecule has 5 unspecified atom stereocenters. The number of carbonyl (C=O) groups excluding carboxylic acids is 2. The number of hydrogen-bond donors (Lipinski definition) is 2. The first-order valence-corrected chi connectivity index (χ1v) is 14.8. The van der Waals surface area contributed by atoms with Crippen LogP contribution >= 0.6 is 11.3 Å². The molecule has 12 heteroatoms. The number of aliphatic carboxylic acids is 1. The quantitative estimate of drug-likeness (QED) is 0.242. The van der Waals surface area contributed by atoms with Crippen molar-refractivity contribution in [3.05, 3.63) is 41.9 Å². The summed E-state index contributed by atoms with van der Waals surface area (Å²) in [4.78, 5) is 52.4. The summed E-state index contributed by atoms with van der Waals surface area (Å²) >= 11 is 1.43. The number of benzene rings is 1. The van der Waals surface area contributed by atoms with Crippen molar-refractivity contribution in [1.29, 1.82) is 0 Å². The third-order valence-corrected chi connectivity index (χ3v) is 8.77. The van der Waals surface area contributed by atoms with Crippen LogP contribution in [0.3, 0.4) is 0 Å². The van der Waals surface area contributed by atoms with E-state index >= 15 is 0 Å². The molecule has 1 aromatic carbocycles. The number of esters is 1. The molecule has 0 radical (unpaired) electrons. The number of carbonyl (C=O) groups is 3. The van der Waals surface area contributed by atoms with Crippen LogP contribution in [-0.2, 0) is 19.1 Å². The third-order valence-electron chi connectivity index (χ3n) is 7.91. The van der Waals surface area contributed by atoms with Crippen LogP contribution in [0.1, 0.15) is 51.6 Å². The highest BCUT2D eigenvalue weighted by atomic mass is 32.1. The summed E-state index contributed by atoms with van der Waals surface area (Å²) in [6, 6.07) is 5.33. The number of ether oxygens (including phenoxy) is 3. The Hall–Kier alpha value is -4.06. The van der Waals surface area contributed by atoms with Gasteiger partial charge in [-0.05, 0) is 44.2 Å². The molecule has 5 rings (SSSR count). The monoisotopic (exact) mass is 594 g/mol. The Bertz CT molecular complexity index is 1540. The topological polar surface area (TPSA) is 150 Å². The molecule has 2 saturated carbocycles. The Morgan fingerprint density at radius 2 is 1.98 bits per heavy atom. The van der Waals surface area contributed by atoms with E-state index in [0.717, 1.165) is 5.69 Å². The Balaban J connectivity index is 1.43. The third kappa shape index (κ3) is 5.55. The molecule has 2 aliphatic rings. The fraction of sp³-hybridized carbons (Fsp3) is 0.467. The molecule has 0 bridgehead atoms. The van der Waals surface area contributed by atoms with Gasteiger partial charge in [0.1, 0.15) is 17.4 Å². The van der Waals surface area contributed by atoms with Crippen LogP contribution in [0.5, 0.6) is 11.6 Å². The van der Waals surface area contributed by atoms with Gasteiger partial charge < -0.3 is 24.6 Å². The second-order valence-electron chi connectivity index (χ2n) is 11.0. The Kier molecular flexibility index (Phi) is 8.18. The first kappa shape index (κ1) is 29.4. The van der Waals surface area contributed by atoms with E-state index in [9.17, 15) is 19.5 Å². The molecule has 2 aromatic heterocycles. The van der Waals surface area contributed by atoms with Gasteiger partial charge in [0, 0.05) is 17.4 Å². The highest BCUT2D eigenvalue weighted by molar-refractivity contribution is 7.13. The molecule has 0 saturated heterocycles. The van der Waals surface area contributed by atoms with Crippen molar-refractivity contribution in [3.63, 3.8) is 0 Å². The second-order valence-corrected chi connectivity index (χ2v) is 11.8. The minimum absolute atomic E-state index is 0.0937. The Labute approximate surface area is 247 Å². The van der Waals surface area contributed by atoms with Crippen LogP contribution in [0.15, 0.2) is 36.2 Å². The molecule has 11 nitrogen and oxygen atoms in total. The lowest BCUT2D eigenvalue weighted by Gasteiger charge is -2.21. The van der Waals surface area contributed by atoms with Gasteiger partial charge in [-0.3, -0.25) is 9.59 Å². The van der Waals surface area contributed by atoms with Crippen molar-refractivity contribution >= 4 is 40.1 Å². The van der Waals surface area contributed by atoms with Crippen molar-refractivity contribution in [3.8, 4) is 22.5 Å². The van der Waals surface area contributed by atoms with E-state index in [2.05, 4.69) is 30.7 Å². The van der Waals surface area contributed by atoms with Crippen LogP contribution < -0.4 is 14.8 Å². The number of nitrogens with one attached hydrogen (secondary N) is 1. The van der Waals surface area contributed by atoms with Gasteiger partial charge in [-0.15, -0.1) is 17.9 Å². The maximum absolute atomic E-state index is 13.4. The van der Waals surface area contributed by atoms with Crippen molar-refractivity contribution in [1.82, 2.24) is 20.3 Å². The molecule has 3 aromatic rings. The van der Waals surface area contributed by atoms with Crippen LogP contribution in [0.2, 0.25) is 0 Å². The van der Waals surface area contributed by atoms with E-state index in [0.29, 0.717) is 33.9 Å². The molecular weight excluding hydrogens is 560 g/mol. The molecule has 2 heterocycles. The highest BCUT2D eigenvalue weighted by Gasteiger charge is 2.62. The summed E-state index contributed by atoms with van der Waals surface area (Å²) in [5, 5.41) is 16.0. The van der Waals surface area contributed by atoms with Gasteiger partial charge in [0.15, 0.2) is 10.8 Å². The Morgan fingerprint density at radius 3 is 2.60 bits per heavy atom. The zero-order valence-electron chi connectivity index (χ0n) is 24.0. The number of fused-ring (bicyclic) bond motifs is 1. The molecule has 222 valence electrons. The number of amides is 1. The van der Waals surface area contributed by atoms with Gasteiger partial charge in [-0.2, -0.15) is 4.98 Å². The van der Waals surface area contributed by atoms with Crippen molar-refractivity contribution in [2.24, 2.45) is 17.8 Å². The van der Waals surface area contributed by atoms with Crippen molar-refractivity contribution in [2.45, 2.75) is 57.6 Å². The molecule has 0 aliphatic heterocycles. The van der Waals surface area contributed by atoms with Gasteiger partial charge in [0.25, 0.3) is 0 Å². The molecule has 42 heavy (non-hydrogen) atoms. The fourth-order valence-corrected chi connectivity index (χ4v) is 6.34. The summed E-state index contributed by atoms with van der Waals surface area (Å²) in [5.41, 5.74) is 0.296. The number of thiazole rings is 1. The molecule has 2 fully saturated rings. The summed E-state index contributed by atoms with van der Waals surface area (Å²) in [6.45, 7) is 9.71. The molecule has 2 N–H and O–H groups in total. The lowest BCUT2D eigenvalue weighted by atomic mass is 9.94. The van der Waals surface area contributed by atoms with Gasteiger partial charge in [-0.25, -0.2) is 14.8 Å². The predicted molar refractivity (Wildman–Crippen MR) is 155 cm³/mol. The van der Waals surface area contributed by atoms with E-state index in [1.54, 1.807) is 38.3 Å². The maximum Gasteiger partial charge on any atom is 0.332 e. The first-order valence-electron chi connectivity index (χ1n) is 13.9. The zero-order valence-corrected chi connectivity index (χ0v) is 24.8. The minimum Gasteiger partial charge on any atom is -0.497 e. The van der Waals surface area contributed by atoms with Crippen molar-refractivity contribution < 1.29 is 33.7 Å². The molecule has 5 atom stereocenters. The maximum atomic E-state index is 13.4. The SMILES string of the molecule is C=CC1CC1(NC(=O)C1CC(Oc2nc(-c3nc(C(C)C)cs3)nc3cc(OC)ccc23)CC1C(=O)O)C(=O)OCC. The number of nitrogens with zero attached hydrogens (tertiary/aromatic N) is 3. The number of carboxylic acids is 1.